The summed E-state index contributed by atoms with van der Waals surface area (Å²) in [6.07, 6.45) is 3.00. The first-order valence-electron chi connectivity index (χ1n) is 5.53. The fraction of sp³-hybridized carbons (Fsp3) is 0.400. The molecule has 2 heterocycles. The van der Waals surface area contributed by atoms with Gasteiger partial charge < -0.3 is 5.73 Å². The number of nitrogens with zero attached hydrogens (tertiary/aromatic N) is 5. The molecule has 18 heavy (non-hydrogen) atoms. The average Bonchev–Trinajstić information content (AvgIpc) is 2.95. The van der Waals surface area contributed by atoms with Crippen molar-refractivity contribution >= 4 is 17.4 Å². The lowest BCUT2D eigenvalue weighted by Crippen LogP contribution is -2.12. The van der Waals surface area contributed by atoms with Crippen molar-refractivity contribution in [1.29, 1.82) is 0 Å². The Morgan fingerprint density at radius 2 is 2.33 bits per heavy atom. The molecular weight excluding hydrogens is 256 g/mol. The van der Waals surface area contributed by atoms with Gasteiger partial charge in [0.1, 0.15) is 5.69 Å². The number of aryl methyl sites for hydroxylation is 1. The number of carbonyl (C=O) groups excluding carboxylic acids is 1. The predicted molar refractivity (Wildman–Crippen MR) is 65.4 cm³/mol. The van der Waals surface area contributed by atoms with Crippen molar-refractivity contribution in [3.63, 3.8) is 0 Å². The van der Waals surface area contributed by atoms with Crippen LogP contribution < -0.4 is 5.73 Å². The Morgan fingerprint density at radius 3 is 3.00 bits per heavy atom. The van der Waals surface area contributed by atoms with Gasteiger partial charge >= 0.3 is 0 Å². The smallest absolute Gasteiger partial charge is 0.234 e. The summed E-state index contributed by atoms with van der Waals surface area (Å²) in [7, 11) is 0. The molecule has 2 N–H and O–H groups in total. The van der Waals surface area contributed by atoms with Crippen LogP contribution in [0.5, 0.6) is 0 Å². The molecule has 0 saturated carbocycles. The van der Waals surface area contributed by atoms with Crippen molar-refractivity contribution in [2.45, 2.75) is 20.0 Å². The van der Waals surface area contributed by atoms with E-state index in [0.29, 0.717) is 30.4 Å². The van der Waals surface area contributed by atoms with Crippen LogP contribution in [0.25, 0.3) is 0 Å². The molecule has 0 aliphatic heterocycles. The molecule has 0 unspecified atom stereocenters. The first kappa shape index (κ1) is 12.7. The number of ketones is 1. The molecule has 0 amide bonds. The average molecular weight is 269 g/mol. The summed E-state index contributed by atoms with van der Waals surface area (Å²) in [5.41, 5.74) is 5.97. The predicted octanol–water partition coefficient (Wildman–Crippen LogP) is 0.338. The third kappa shape index (κ3) is 2.27. The van der Waals surface area contributed by atoms with Gasteiger partial charge in [-0.25, -0.2) is 0 Å². The second-order valence-electron chi connectivity index (χ2n) is 3.64. The molecule has 2 rings (SSSR count). The zero-order chi connectivity index (χ0) is 13.1. The Bertz CT molecular complexity index is 560. The van der Waals surface area contributed by atoms with Crippen molar-refractivity contribution in [2.24, 2.45) is 5.73 Å². The minimum atomic E-state index is -0.289. The Morgan fingerprint density at radius 1 is 1.56 bits per heavy atom. The highest BCUT2D eigenvalue weighted by molar-refractivity contribution is 6.34. The monoisotopic (exact) mass is 268 g/mol. The number of hydrogen-bond donors (Lipinski definition) is 1. The highest BCUT2D eigenvalue weighted by atomic mass is 35.5. The third-order valence-corrected chi connectivity index (χ3v) is 2.72. The minimum Gasteiger partial charge on any atom is -0.329 e. The maximum Gasteiger partial charge on any atom is 0.234 e. The molecule has 7 nitrogen and oxygen atoms in total. The van der Waals surface area contributed by atoms with E-state index < -0.39 is 0 Å². The van der Waals surface area contributed by atoms with E-state index in [2.05, 4.69) is 15.4 Å². The van der Waals surface area contributed by atoms with Crippen LogP contribution in [-0.2, 0) is 13.1 Å². The van der Waals surface area contributed by atoms with Gasteiger partial charge in [0.15, 0.2) is 5.69 Å². The zero-order valence-electron chi connectivity index (χ0n) is 9.88. The quantitative estimate of drug-likeness (QED) is 0.790. The fourth-order valence-electron chi connectivity index (χ4n) is 1.59. The lowest BCUT2D eigenvalue weighted by Gasteiger charge is -2.01. The lowest BCUT2D eigenvalue weighted by molar-refractivity contribution is 0.102. The van der Waals surface area contributed by atoms with Crippen LogP contribution in [0.4, 0.5) is 0 Å². The van der Waals surface area contributed by atoms with Gasteiger partial charge in [-0.2, -0.15) is 5.10 Å². The molecule has 8 heteroatoms. The van der Waals surface area contributed by atoms with Crippen molar-refractivity contribution < 1.29 is 4.79 Å². The zero-order valence-corrected chi connectivity index (χ0v) is 10.6. The number of nitrogens with two attached hydrogens (primary N) is 1. The van der Waals surface area contributed by atoms with Gasteiger partial charge in [0.25, 0.3) is 0 Å². The van der Waals surface area contributed by atoms with Crippen LogP contribution in [0.15, 0.2) is 12.4 Å². The number of rotatable bonds is 5. The van der Waals surface area contributed by atoms with Crippen LogP contribution in [0.1, 0.15) is 23.1 Å². The molecular formula is C10H13ClN6O. The van der Waals surface area contributed by atoms with Gasteiger partial charge in [-0.1, -0.05) is 16.8 Å². The maximum atomic E-state index is 12.2. The van der Waals surface area contributed by atoms with E-state index in [1.807, 2.05) is 6.92 Å². The van der Waals surface area contributed by atoms with E-state index in [1.54, 1.807) is 6.20 Å². The van der Waals surface area contributed by atoms with Crippen LogP contribution in [-0.4, -0.2) is 37.1 Å². The summed E-state index contributed by atoms with van der Waals surface area (Å²) in [5, 5.41) is 12.0. The van der Waals surface area contributed by atoms with Crippen molar-refractivity contribution in [2.75, 3.05) is 6.54 Å². The molecule has 0 spiro atoms. The standard InChI is InChI=1S/C10H13ClN6O/c1-2-17-9(7(11)5-13-17)10(18)8-6-16(4-3-12)15-14-8/h5-6H,2-4,12H2,1H3. The van der Waals surface area contributed by atoms with E-state index in [0.717, 1.165) is 0 Å². The van der Waals surface area contributed by atoms with Gasteiger partial charge in [0, 0.05) is 13.1 Å². The normalized spacial score (nSPS) is 10.8. The van der Waals surface area contributed by atoms with E-state index in [9.17, 15) is 4.79 Å². The Labute approximate surface area is 109 Å². The Kier molecular flexibility index (Phi) is 3.73. The molecule has 96 valence electrons. The van der Waals surface area contributed by atoms with E-state index >= 15 is 0 Å². The first-order valence-corrected chi connectivity index (χ1v) is 5.91. The molecule has 0 radical (unpaired) electrons. The SMILES string of the molecule is CCn1ncc(Cl)c1C(=O)c1cn(CCN)nn1. The maximum absolute atomic E-state index is 12.2. The number of halogens is 1. The molecule has 0 atom stereocenters. The topological polar surface area (TPSA) is 91.6 Å². The molecule has 0 fully saturated rings. The van der Waals surface area contributed by atoms with Crippen LogP contribution >= 0.6 is 11.6 Å². The van der Waals surface area contributed by atoms with E-state index in [1.165, 1.54) is 15.6 Å². The number of carbonyl (C=O) groups is 1. The summed E-state index contributed by atoms with van der Waals surface area (Å²) in [6, 6.07) is 0. The molecule has 0 bridgehead atoms. The second kappa shape index (κ2) is 5.28. The number of aromatic nitrogens is 5. The largest absolute Gasteiger partial charge is 0.329 e. The highest BCUT2D eigenvalue weighted by Gasteiger charge is 2.21. The van der Waals surface area contributed by atoms with Crippen LogP contribution in [0.2, 0.25) is 5.02 Å². The molecule has 2 aromatic heterocycles. The molecule has 2 aromatic rings. The summed E-state index contributed by atoms with van der Waals surface area (Å²) < 4.78 is 3.06. The van der Waals surface area contributed by atoms with Crippen molar-refractivity contribution in [3.05, 3.63) is 28.8 Å². The van der Waals surface area contributed by atoms with Crippen LogP contribution in [0.3, 0.4) is 0 Å². The van der Waals surface area contributed by atoms with Crippen molar-refractivity contribution in [1.82, 2.24) is 24.8 Å². The van der Waals surface area contributed by atoms with Crippen molar-refractivity contribution in [3.8, 4) is 0 Å². The van der Waals surface area contributed by atoms with Gasteiger partial charge in [-0.3, -0.25) is 14.2 Å². The van der Waals surface area contributed by atoms with Gasteiger partial charge in [-0.05, 0) is 6.92 Å². The minimum absolute atomic E-state index is 0.237. The Balaban J connectivity index is 2.32. The molecule has 0 aliphatic rings. The fourth-order valence-corrected chi connectivity index (χ4v) is 1.82. The Hall–Kier alpha value is -1.73. The third-order valence-electron chi connectivity index (χ3n) is 2.44. The summed E-state index contributed by atoms with van der Waals surface area (Å²) >= 11 is 5.96. The lowest BCUT2D eigenvalue weighted by atomic mass is 10.2. The molecule has 0 saturated heterocycles. The molecule has 0 aromatic carbocycles. The van der Waals surface area contributed by atoms with E-state index in [-0.39, 0.29) is 11.5 Å². The summed E-state index contributed by atoms with van der Waals surface area (Å²) in [4.78, 5) is 12.2. The highest BCUT2D eigenvalue weighted by Crippen LogP contribution is 2.18. The first-order chi connectivity index (χ1) is 8.67. The van der Waals surface area contributed by atoms with Gasteiger partial charge in [0.05, 0.1) is 24.0 Å². The van der Waals surface area contributed by atoms with E-state index in [4.69, 9.17) is 17.3 Å². The summed E-state index contributed by atoms with van der Waals surface area (Å²) in [6.45, 7) is 3.39. The van der Waals surface area contributed by atoms with Gasteiger partial charge in [0.2, 0.25) is 5.78 Å². The van der Waals surface area contributed by atoms with Crippen LogP contribution in [0, 0.1) is 0 Å². The molecule has 0 aliphatic carbocycles. The second-order valence-corrected chi connectivity index (χ2v) is 4.05. The summed E-state index contributed by atoms with van der Waals surface area (Å²) in [5.74, 6) is -0.289. The number of hydrogen-bond acceptors (Lipinski definition) is 5. The van der Waals surface area contributed by atoms with Gasteiger partial charge in [-0.15, -0.1) is 5.10 Å².